The van der Waals surface area contributed by atoms with Crippen molar-refractivity contribution in [3.05, 3.63) is 29.8 Å². The van der Waals surface area contributed by atoms with Crippen LogP contribution in [0.2, 0.25) is 0 Å². The zero-order valence-corrected chi connectivity index (χ0v) is 9.97. The standard InChI is InChI=1S/C12H15ClO2/c1-9-5-4-6-10(7-9)15-11(14)8-12(2,3)13/h4-7H,8H2,1-3H3. The SMILES string of the molecule is Cc1cccc(OC(=O)CC(C)(C)Cl)c1. The topological polar surface area (TPSA) is 26.3 Å². The summed E-state index contributed by atoms with van der Waals surface area (Å²) in [4.78, 5) is 10.9. The van der Waals surface area contributed by atoms with E-state index in [2.05, 4.69) is 0 Å². The van der Waals surface area contributed by atoms with Crippen LogP contribution in [0.1, 0.15) is 25.8 Å². The molecule has 1 aromatic carbocycles. The molecule has 0 bridgehead atoms. The second-order valence-electron chi connectivity index (χ2n) is 4.19. The van der Waals surface area contributed by atoms with Crippen LogP contribution >= 0.6 is 11.6 Å². The van der Waals surface area contributed by atoms with E-state index >= 15 is 0 Å². The summed E-state index contributed by atoms with van der Waals surface area (Å²) < 4.78 is 5.15. The van der Waals surface area contributed by atoms with Crippen LogP contribution < -0.4 is 4.74 Å². The summed E-state index contributed by atoms with van der Waals surface area (Å²) in [6, 6.07) is 7.37. The van der Waals surface area contributed by atoms with Crippen molar-refractivity contribution in [2.24, 2.45) is 0 Å². The molecule has 0 aliphatic carbocycles. The zero-order valence-electron chi connectivity index (χ0n) is 9.21. The lowest BCUT2D eigenvalue weighted by Crippen LogP contribution is -2.20. The summed E-state index contributed by atoms with van der Waals surface area (Å²) in [6.07, 6.45) is 0.197. The molecular weight excluding hydrogens is 212 g/mol. The van der Waals surface area contributed by atoms with E-state index < -0.39 is 4.87 Å². The average molecular weight is 227 g/mol. The summed E-state index contributed by atoms with van der Waals surface area (Å²) >= 11 is 5.92. The minimum absolute atomic E-state index is 0.197. The molecule has 0 spiro atoms. The van der Waals surface area contributed by atoms with Gasteiger partial charge >= 0.3 is 5.97 Å². The molecule has 1 aromatic rings. The van der Waals surface area contributed by atoms with Crippen LogP contribution in [0.4, 0.5) is 0 Å². The first-order chi connectivity index (χ1) is 6.87. The van der Waals surface area contributed by atoms with Crippen LogP contribution in [0.25, 0.3) is 0 Å². The fraction of sp³-hybridized carbons (Fsp3) is 0.417. The minimum Gasteiger partial charge on any atom is -0.426 e. The predicted molar refractivity (Wildman–Crippen MR) is 61.4 cm³/mol. The van der Waals surface area contributed by atoms with Gasteiger partial charge in [-0.15, -0.1) is 11.6 Å². The predicted octanol–water partition coefficient (Wildman–Crippen LogP) is 3.31. The van der Waals surface area contributed by atoms with Gasteiger partial charge in [0.05, 0.1) is 6.42 Å². The number of benzene rings is 1. The third kappa shape index (κ3) is 4.84. The monoisotopic (exact) mass is 226 g/mol. The Labute approximate surface area is 95.2 Å². The lowest BCUT2D eigenvalue weighted by Gasteiger charge is -2.14. The summed E-state index contributed by atoms with van der Waals surface area (Å²) in [7, 11) is 0. The van der Waals surface area contributed by atoms with E-state index in [0.29, 0.717) is 5.75 Å². The maximum Gasteiger partial charge on any atom is 0.312 e. The summed E-state index contributed by atoms with van der Waals surface area (Å²) in [5.41, 5.74) is 1.06. The molecule has 3 heteroatoms. The average Bonchev–Trinajstić information content (AvgIpc) is 1.99. The highest BCUT2D eigenvalue weighted by molar-refractivity contribution is 6.24. The van der Waals surface area contributed by atoms with Gasteiger partial charge in [0.25, 0.3) is 0 Å². The largest absolute Gasteiger partial charge is 0.426 e. The second kappa shape index (κ2) is 4.67. The molecule has 0 unspecified atom stereocenters. The van der Waals surface area contributed by atoms with Crippen molar-refractivity contribution < 1.29 is 9.53 Å². The van der Waals surface area contributed by atoms with Crippen LogP contribution in [0.15, 0.2) is 24.3 Å². The molecule has 0 aliphatic rings. The fourth-order valence-corrected chi connectivity index (χ4v) is 1.30. The van der Waals surface area contributed by atoms with Crippen LogP contribution in [-0.4, -0.2) is 10.8 Å². The lowest BCUT2D eigenvalue weighted by molar-refractivity contribution is -0.134. The maximum absolute atomic E-state index is 11.4. The van der Waals surface area contributed by atoms with Gasteiger partial charge in [-0.05, 0) is 38.5 Å². The molecular formula is C12H15ClO2. The van der Waals surface area contributed by atoms with E-state index in [1.165, 1.54) is 0 Å². The Balaban J connectivity index is 2.59. The van der Waals surface area contributed by atoms with Gasteiger partial charge in [-0.1, -0.05) is 12.1 Å². The van der Waals surface area contributed by atoms with E-state index in [9.17, 15) is 4.79 Å². The van der Waals surface area contributed by atoms with Gasteiger partial charge in [-0.3, -0.25) is 4.79 Å². The molecule has 0 heterocycles. The maximum atomic E-state index is 11.4. The molecule has 82 valence electrons. The number of aryl methyl sites for hydroxylation is 1. The van der Waals surface area contributed by atoms with E-state index in [1.54, 1.807) is 19.9 Å². The van der Waals surface area contributed by atoms with Crippen molar-refractivity contribution in [2.75, 3.05) is 0 Å². The number of hydrogen-bond acceptors (Lipinski definition) is 2. The first kappa shape index (κ1) is 12.1. The van der Waals surface area contributed by atoms with Crippen molar-refractivity contribution in [1.82, 2.24) is 0 Å². The summed E-state index contributed by atoms with van der Waals surface area (Å²) in [5.74, 6) is 0.265. The van der Waals surface area contributed by atoms with Gasteiger partial charge in [0.1, 0.15) is 5.75 Å². The summed E-state index contributed by atoms with van der Waals surface area (Å²) in [5, 5.41) is 0. The van der Waals surface area contributed by atoms with Crippen LogP contribution in [0.5, 0.6) is 5.75 Å². The Hall–Kier alpha value is -1.02. The highest BCUT2D eigenvalue weighted by Crippen LogP contribution is 2.20. The molecule has 0 radical (unpaired) electrons. The van der Waals surface area contributed by atoms with Crippen molar-refractivity contribution >= 4 is 17.6 Å². The Morgan fingerprint density at radius 1 is 1.47 bits per heavy atom. The number of hydrogen-bond donors (Lipinski definition) is 0. The third-order valence-electron chi connectivity index (χ3n) is 1.79. The fourth-order valence-electron chi connectivity index (χ4n) is 1.19. The van der Waals surface area contributed by atoms with Gasteiger partial charge in [0.2, 0.25) is 0 Å². The van der Waals surface area contributed by atoms with E-state index in [4.69, 9.17) is 16.3 Å². The van der Waals surface area contributed by atoms with Gasteiger partial charge in [-0.2, -0.15) is 0 Å². The number of alkyl halides is 1. The third-order valence-corrected chi connectivity index (χ3v) is 1.92. The highest BCUT2D eigenvalue weighted by atomic mass is 35.5. The Bertz CT molecular complexity index is 353. The Morgan fingerprint density at radius 2 is 2.13 bits per heavy atom. The molecule has 0 aromatic heterocycles. The highest BCUT2D eigenvalue weighted by Gasteiger charge is 2.19. The first-order valence-corrected chi connectivity index (χ1v) is 5.21. The van der Waals surface area contributed by atoms with Crippen LogP contribution in [0, 0.1) is 6.92 Å². The molecule has 0 fully saturated rings. The number of rotatable bonds is 3. The number of halogens is 1. The zero-order chi connectivity index (χ0) is 11.5. The van der Waals surface area contributed by atoms with Gasteiger partial charge in [0.15, 0.2) is 0 Å². The first-order valence-electron chi connectivity index (χ1n) is 4.83. The molecule has 1 rings (SSSR count). The molecule has 0 saturated heterocycles. The second-order valence-corrected chi connectivity index (χ2v) is 5.21. The van der Waals surface area contributed by atoms with E-state index in [0.717, 1.165) is 5.56 Å². The van der Waals surface area contributed by atoms with Crippen molar-refractivity contribution in [3.8, 4) is 5.75 Å². The minimum atomic E-state index is -0.555. The number of esters is 1. The molecule has 0 saturated carbocycles. The smallest absolute Gasteiger partial charge is 0.312 e. The van der Waals surface area contributed by atoms with Crippen LogP contribution in [0.3, 0.4) is 0 Å². The van der Waals surface area contributed by atoms with Crippen molar-refractivity contribution in [2.45, 2.75) is 32.1 Å². The Morgan fingerprint density at radius 3 is 2.67 bits per heavy atom. The van der Waals surface area contributed by atoms with Gasteiger partial charge in [0, 0.05) is 4.87 Å². The van der Waals surface area contributed by atoms with Crippen molar-refractivity contribution in [1.29, 1.82) is 0 Å². The quantitative estimate of drug-likeness (QED) is 0.449. The van der Waals surface area contributed by atoms with Crippen LogP contribution in [-0.2, 0) is 4.79 Å². The molecule has 2 nitrogen and oxygen atoms in total. The molecule has 0 amide bonds. The molecule has 15 heavy (non-hydrogen) atoms. The Kier molecular flexibility index (Phi) is 3.75. The van der Waals surface area contributed by atoms with Crippen molar-refractivity contribution in [3.63, 3.8) is 0 Å². The normalized spacial score (nSPS) is 11.2. The number of carbonyl (C=O) groups is 1. The summed E-state index contributed by atoms with van der Waals surface area (Å²) in [6.45, 7) is 5.51. The number of carbonyl (C=O) groups excluding carboxylic acids is 1. The number of ether oxygens (including phenoxy) is 1. The molecule has 0 atom stereocenters. The molecule has 0 aliphatic heterocycles. The van der Waals surface area contributed by atoms with Gasteiger partial charge < -0.3 is 4.74 Å². The molecule has 0 N–H and O–H groups in total. The van der Waals surface area contributed by atoms with E-state index in [1.807, 2.05) is 25.1 Å². The van der Waals surface area contributed by atoms with E-state index in [-0.39, 0.29) is 12.4 Å². The van der Waals surface area contributed by atoms with Gasteiger partial charge in [-0.25, -0.2) is 0 Å². The lowest BCUT2D eigenvalue weighted by atomic mass is 10.1.